The van der Waals surface area contributed by atoms with E-state index in [2.05, 4.69) is 32.9 Å². The van der Waals surface area contributed by atoms with Crippen molar-refractivity contribution in [1.82, 2.24) is 0 Å². The van der Waals surface area contributed by atoms with Gasteiger partial charge in [-0.1, -0.05) is 97.1 Å². The predicted octanol–water partition coefficient (Wildman–Crippen LogP) is 8.67. The van der Waals surface area contributed by atoms with Gasteiger partial charge in [0, 0.05) is 12.8 Å². The number of unbranched alkanes of at least 4 members (excludes halogenated alkanes) is 1. The highest BCUT2D eigenvalue weighted by Crippen LogP contribution is 2.35. The Balaban J connectivity index is 1.45. The lowest BCUT2D eigenvalue weighted by atomic mass is 9.77. The molecule has 2 aliphatic carbocycles. The van der Waals surface area contributed by atoms with Crippen molar-refractivity contribution in [3.05, 3.63) is 12.2 Å². The van der Waals surface area contributed by atoms with Crippen LogP contribution in [0.3, 0.4) is 0 Å². The van der Waals surface area contributed by atoms with E-state index >= 15 is 0 Å². The zero-order chi connectivity index (χ0) is 20.2. The lowest BCUT2D eigenvalue weighted by molar-refractivity contribution is -0.118. The molecule has 2 fully saturated rings. The Kier molecular flexibility index (Phi) is 10.9. The molecule has 2 rings (SSSR count). The van der Waals surface area contributed by atoms with Crippen molar-refractivity contribution in [2.75, 3.05) is 0 Å². The minimum atomic E-state index is 0.449. The van der Waals surface area contributed by atoms with Crippen molar-refractivity contribution in [3.8, 4) is 0 Å². The Labute approximate surface area is 176 Å². The number of rotatable bonds is 12. The fraction of sp³-hybridized carbons (Fsp3) is 0.889. The summed E-state index contributed by atoms with van der Waals surface area (Å²) in [5.41, 5.74) is 0.495. The van der Waals surface area contributed by atoms with Gasteiger partial charge >= 0.3 is 0 Å². The molecule has 0 heterocycles. The quantitative estimate of drug-likeness (QED) is 0.241. The molecule has 1 nitrogen and oxygen atoms in total. The van der Waals surface area contributed by atoms with Crippen LogP contribution in [-0.2, 0) is 4.79 Å². The van der Waals surface area contributed by atoms with Gasteiger partial charge < -0.3 is 0 Å². The van der Waals surface area contributed by atoms with Gasteiger partial charge in [-0.3, -0.25) is 4.79 Å². The van der Waals surface area contributed by atoms with Crippen LogP contribution in [0.1, 0.15) is 130 Å². The maximum absolute atomic E-state index is 12.1. The van der Waals surface area contributed by atoms with Gasteiger partial charge in [-0.05, 0) is 55.3 Å². The highest BCUT2D eigenvalue weighted by atomic mass is 16.1. The number of carbonyl (C=O) groups excluding carboxylic acids is 1. The molecular formula is C27H48O. The Bertz CT molecular complexity index is 441. The molecule has 2 aliphatic rings. The normalized spacial score (nSPS) is 24.2. The first-order chi connectivity index (χ1) is 13.4. The molecule has 0 aromatic carbocycles. The van der Waals surface area contributed by atoms with Crippen LogP contribution >= 0.6 is 0 Å². The van der Waals surface area contributed by atoms with E-state index in [0.29, 0.717) is 17.6 Å². The molecule has 28 heavy (non-hydrogen) atoms. The van der Waals surface area contributed by atoms with Gasteiger partial charge in [-0.2, -0.15) is 0 Å². The maximum atomic E-state index is 12.1. The summed E-state index contributed by atoms with van der Waals surface area (Å²) in [5.74, 6) is 3.28. The van der Waals surface area contributed by atoms with Crippen LogP contribution in [-0.4, -0.2) is 5.78 Å². The lowest BCUT2D eigenvalue weighted by Gasteiger charge is -2.28. The number of Topliss-reactive ketones (excluding diaryl/α,β-unsaturated/α-hetero) is 1. The Morgan fingerprint density at radius 2 is 1.39 bits per heavy atom. The van der Waals surface area contributed by atoms with Crippen LogP contribution < -0.4 is 0 Å². The molecule has 0 atom stereocenters. The van der Waals surface area contributed by atoms with Crippen LogP contribution in [0.15, 0.2) is 12.2 Å². The predicted molar refractivity (Wildman–Crippen MR) is 123 cm³/mol. The minimum absolute atomic E-state index is 0.449. The van der Waals surface area contributed by atoms with Gasteiger partial charge in [0.05, 0.1) is 0 Å². The smallest absolute Gasteiger partial charge is 0.136 e. The van der Waals surface area contributed by atoms with Gasteiger partial charge in [-0.25, -0.2) is 0 Å². The fourth-order valence-corrected chi connectivity index (χ4v) is 5.34. The molecule has 0 aromatic heterocycles. The second-order valence-electron chi connectivity index (χ2n) is 11.2. The molecule has 0 aliphatic heterocycles. The van der Waals surface area contributed by atoms with Crippen LogP contribution in [0.2, 0.25) is 0 Å². The van der Waals surface area contributed by atoms with E-state index in [1.807, 2.05) is 0 Å². The molecule has 1 heteroatoms. The molecule has 0 aromatic rings. The molecule has 2 saturated carbocycles. The average molecular weight is 389 g/mol. The van der Waals surface area contributed by atoms with E-state index in [1.54, 1.807) is 0 Å². The second-order valence-corrected chi connectivity index (χ2v) is 11.2. The number of ketones is 1. The molecule has 0 spiro atoms. The van der Waals surface area contributed by atoms with Gasteiger partial charge in [0.2, 0.25) is 0 Å². The molecule has 0 saturated heterocycles. The summed E-state index contributed by atoms with van der Waals surface area (Å²) in [5, 5.41) is 0. The van der Waals surface area contributed by atoms with Crippen molar-refractivity contribution >= 4 is 5.78 Å². The molecular weight excluding hydrogens is 340 g/mol. The molecule has 0 amide bonds. The Morgan fingerprint density at radius 3 is 2.07 bits per heavy atom. The zero-order valence-corrected chi connectivity index (χ0v) is 19.3. The minimum Gasteiger partial charge on any atom is -0.299 e. The summed E-state index contributed by atoms with van der Waals surface area (Å²) < 4.78 is 0. The summed E-state index contributed by atoms with van der Waals surface area (Å²) in [6, 6.07) is 0. The first-order valence-electron chi connectivity index (χ1n) is 12.6. The van der Waals surface area contributed by atoms with E-state index in [9.17, 15) is 4.79 Å². The highest BCUT2D eigenvalue weighted by molar-refractivity contribution is 5.79. The van der Waals surface area contributed by atoms with E-state index < -0.39 is 0 Å². The SMILES string of the molecule is CC(C)(C)CCCC1CCC(C/C=C\CC(=O)CCCCC2CCCC2)CC1. The lowest BCUT2D eigenvalue weighted by Crippen LogP contribution is -2.15. The third-order valence-corrected chi connectivity index (χ3v) is 7.28. The third-order valence-electron chi connectivity index (χ3n) is 7.28. The standard InChI is InChI=1S/C27H48O/c1-27(2,3)22-10-15-25-20-18-24(19-21-25)14-7-9-17-26(28)16-8-6-13-23-11-4-5-12-23/h7,9,23-25H,4-6,8,10-22H2,1-3H3/b9-7-. The monoisotopic (exact) mass is 388 g/mol. The number of allylic oxidation sites excluding steroid dienone is 2. The first kappa shape index (κ1) is 23.7. The van der Waals surface area contributed by atoms with E-state index in [-0.39, 0.29) is 0 Å². The Morgan fingerprint density at radius 1 is 0.786 bits per heavy atom. The van der Waals surface area contributed by atoms with Crippen molar-refractivity contribution < 1.29 is 4.79 Å². The van der Waals surface area contributed by atoms with Crippen molar-refractivity contribution in [3.63, 3.8) is 0 Å². The maximum Gasteiger partial charge on any atom is 0.136 e. The summed E-state index contributed by atoms with van der Waals surface area (Å²) >= 11 is 0. The fourth-order valence-electron chi connectivity index (χ4n) is 5.34. The van der Waals surface area contributed by atoms with Crippen molar-refractivity contribution in [2.45, 2.75) is 130 Å². The number of hydrogen-bond acceptors (Lipinski definition) is 1. The largest absolute Gasteiger partial charge is 0.299 e. The zero-order valence-electron chi connectivity index (χ0n) is 19.3. The number of carbonyl (C=O) groups is 1. The van der Waals surface area contributed by atoms with E-state index in [1.165, 1.54) is 89.9 Å². The van der Waals surface area contributed by atoms with Gasteiger partial charge in [0.1, 0.15) is 5.78 Å². The highest BCUT2D eigenvalue weighted by Gasteiger charge is 2.21. The third kappa shape index (κ3) is 10.8. The van der Waals surface area contributed by atoms with Gasteiger partial charge in [-0.15, -0.1) is 0 Å². The van der Waals surface area contributed by atoms with Crippen LogP contribution in [0, 0.1) is 23.2 Å². The van der Waals surface area contributed by atoms with Crippen molar-refractivity contribution in [1.29, 1.82) is 0 Å². The Hall–Kier alpha value is -0.590. The van der Waals surface area contributed by atoms with Gasteiger partial charge in [0.15, 0.2) is 0 Å². The van der Waals surface area contributed by atoms with Gasteiger partial charge in [0.25, 0.3) is 0 Å². The molecule has 0 N–H and O–H groups in total. The van der Waals surface area contributed by atoms with Crippen LogP contribution in [0.5, 0.6) is 0 Å². The molecule has 0 radical (unpaired) electrons. The van der Waals surface area contributed by atoms with Crippen molar-refractivity contribution in [2.24, 2.45) is 23.2 Å². The van der Waals surface area contributed by atoms with Crippen LogP contribution in [0.25, 0.3) is 0 Å². The van der Waals surface area contributed by atoms with Crippen LogP contribution in [0.4, 0.5) is 0 Å². The molecule has 0 unspecified atom stereocenters. The summed E-state index contributed by atoms with van der Waals surface area (Å²) in [6.07, 6.45) is 26.5. The average Bonchev–Trinajstić information content (AvgIpc) is 3.16. The summed E-state index contributed by atoms with van der Waals surface area (Å²) in [6.45, 7) is 7.08. The first-order valence-corrected chi connectivity index (χ1v) is 12.6. The molecule has 162 valence electrons. The summed E-state index contributed by atoms with van der Waals surface area (Å²) in [4.78, 5) is 12.1. The van der Waals surface area contributed by atoms with E-state index in [4.69, 9.17) is 0 Å². The number of hydrogen-bond donors (Lipinski definition) is 0. The second kappa shape index (κ2) is 12.9. The summed E-state index contributed by atoms with van der Waals surface area (Å²) in [7, 11) is 0. The van der Waals surface area contributed by atoms with E-state index in [0.717, 1.165) is 30.6 Å². The molecule has 0 bridgehead atoms. The topological polar surface area (TPSA) is 17.1 Å².